The molecule has 2 heterocycles. The molecule has 4 aromatic rings. The van der Waals surface area contributed by atoms with Crippen LogP contribution in [0.4, 0.5) is 5.69 Å². The zero-order valence-electron chi connectivity index (χ0n) is 19.6. The number of halogens is 1. The van der Waals surface area contributed by atoms with Gasteiger partial charge in [-0.1, -0.05) is 29.8 Å². The van der Waals surface area contributed by atoms with Crippen LogP contribution in [0, 0.1) is 6.92 Å². The van der Waals surface area contributed by atoms with Gasteiger partial charge in [0, 0.05) is 52.5 Å². The van der Waals surface area contributed by atoms with Crippen LogP contribution < -0.4 is 10.1 Å². The van der Waals surface area contributed by atoms with Crippen LogP contribution in [0.1, 0.15) is 34.1 Å². The highest BCUT2D eigenvalue weighted by Crippen LogP contribution is 2.29. The van der Waals surface area contributed by atoms with Crippen molar-refractivity contribution < 1.29 is 19.1 Å². The molecule has 8 heteroatoms. The highest BCUT2D eigenvalue weighted by Gasteiger charge is 2.26. The summed E-state index contributed by atoms with van der Waals surface area (Å²) in [5, 5.41) is 3.90. The van der Waals surface area contributed by atoms with E-state index in [9.17, 15) is 14.4 Å². The molecule has 7 nitrogen and oxygen atoms in total. The number of hydrogen-bond donors (Lipinski definition) is 1. The van der Waals surface area contributed by atoms with Crippen molar-refractivity contribution in [1.82, 2.24) is 9.55 Å². The molecule has 0 spiro atoms. The van der Waals surface area contributed by atoms with Gasteiger partial charge in [0.2, 0.25) is 5.88 Å². The maximum atomic E-state index is 13.4. The lowest BCUT2D eigenvalue weighted by Crippen LogP contribution is -2.23. The second-order valence-corrected chi connectivity index (χ2v) is 8.71. The summed E-state index contributed by atoms with van der Waals surface area (Å²) >= 11 is 6.03. The number of ketones is 2. The number of amides is 1. The minimum absolute atomic E-state index is 0.0129. The standard InChI is InChI=1S/C27H24ClN3O4/c1-16(32)12-19-6-9-23-22(13-19)25(17(2)31(23)15-18-4-7-20(28)8-5-18)26(33)27(34)30-21-10-11-29-24(14-21)35-3/h4-11,13-14H,12,15H2,1-3H3,(H,29,30,34). The minimum Gasteiger partial charge on any atom is -0.481 e. The van der Waals surface area contributed by atoms with E-state index in [4.69, 9.17) is 16.3 Å². The Labute approximate surface area is 207 Å². The lowest BCUT2D eigenvalue weighted by molar-refractivity contribution is -0.116. The summed E-state index contributed by atoms with van der Waals surface area (Å²) in [4.78, 5) is 42.1. The summed E-state index contributed by atoms with van der Waals surface area (Å²) in [5.74, 6) is -1.11. The van der Waals surface area contributed by atoms with E-state index in [2.05, 4.69) is 10.3 Å². The normalized spacial score (nSPS) is 10.9. The molecule has 178 valence electrons. The van der Waals surface area contributed by atoms with Crippen LogP contribution >= 0.6 is 11.6 Å². The lowest BCUT2D eigenvalue weighted by atomic mass is 10.0. The summed E-state index contributed by atoms with van der Waals surface area (Å²) in [5.41, 5.74) is 3.93. The number of hydrogen-bond acceptors (Lipinski definition) is 5. The minimum atomic E-state index is -0.774. The second-order valence-electron chi connectivity index (χ2n) is 8.27. The fourth-order valence-corrected chi connectivity index (χ4v) is 4.22. The van der Waals surface area contributed by atoms with E-state index in [1.807, 2.05) is 54.0 Å². The quantitative estimate of drug-likeness (QED) is 0.277. The zero-order valence-corrected chi connectivity index (χ0v) is 20.3. The van der Waals surface area contributed by atoms with Crippen molar-refractivity contribution in [1.29, 1.82) is 0 Å². The SMILES string of the molecule is COc1cc(NC(=O)C(=O)c2c(C)n(Cc3ccc(Cl)cc3)c3ccc(CC(C)=O)cc23)ccn1. The van der Waals surface area contributed by atoms with Crippen molar-refractivity contribution in [3.63, 3.8) is 0 Å². The molecule has 35 heavy (non-hydrogen) atoms. The summed E-state index contributed by atoms with van der Waals surface area (Å²) < 4.78 is 7.08. The van der Waals surface area contributed by atoms with Crippen LogP contribution in [0.5, 0.6) is 5.88 Å². The summed E-state index contributed by atoms with van der Waals surface area (Å²) in [6.07, 6.45) is 1.73. The Hall–Kier alpha value is -3.97. The number of nitrogens with one attached hydrogen (secondary N) is 1. The van der Waals surface area contributed by atoms with E-state index in [1.54, 1.807) is 6.07 Å². The molecule has 1 N–H and O–H groups in total. The molecule has 0 fully saturated rings. The number of pyridine rings is 1. The maximum absolute atomic E-state index is 13.4. The smallest absolute Gasteiger partial charge is 0.296 e. The third-order valence-corrected chi connectivity index (χ3v) is 5.98. The topological polar surface area (TPSA) is 90.3 Å². The molecule has 0 atom stereocenters. The van der Waals surface area contributed by atoms with Gasteiger partial charge in [-0.2, -0.15) is 0 Å². The van der Waals surface area contributed by atoms with Crippen LogP contribution in [0.15, 0.2) is 60.8 Å². The number of fused-ring (bicyclic) bond motifs is 1. The predicted octanol–water partition coefficient (Wildman–Crippen LogP) is 5.01. The first-order valence-corrected chi connectivity index (χ1v) is 11.4. The predicted molar refractivity (Wildman–Crippen MR) is 135 cm³/mol. The number of aromatic nitrogens is 2. The Morgan fingerprint density at radius 3 is 2.43 bits per heavy atom. The van der Waals surface area contributed by atoms with Crippen LogP contribution in [-0.4, -0.2) is 34.1 Å². The fraction of sp³-hybridized carbons (Fsp3) is 0.185. The molecule has 4 rings (SSSR count). The molecule has 2 aromatic heterocycles. The molecule has 0 saturated carbocycles. The van der Waals surface area contributed by atoms with Crippen molar-refractivity contribution in [2.24, 2.45) is 0 Å². The second kappa shape index (κ2) is 10.1. The number of carbonyl (C=O) groups excluding carboxylic acids is 3. The van der Waals surface area contributed by atoms with Crippen molar-refractivity contribution in [3.8, 4) is 5.88 Å². The molecule has 0 aliphatic carbocycles. The Balaban J connectivity index is 1.77. The van der Waals surface area contributed by atoms with Gasteiger partial charge in [-0.3, -0.25) is 14.4 Å². The molecule has 2 aromatic carbocycles. The van der Waals surface area contributed by atoms with Gasteiger partial charge in [-0.05, 0) is 55.3 Å². The zero-order chi connectivity index (χ0) is 25.1. The van der Waals surface area contributed by atoms with Gasteiger partial charge >= 0.3 is 0 Å². The third-order valence-electron chi connectivity index (χ3n) is 5.73. The summed E-state index contributed by atoms with van der Waals surface area (Å²) in [7, 11) is 1.47. The highest BCUT2D eigenvalue weighted by atomic mass is 35.5. The number of carbonyl (C=O) groups is 3. The average Bonchev–Trinajstić information content (AvgIpc) is 3.10. The van der Waals surface area contributed by atoms with Crippen LogP contribution in [-0.2, 0) is 22.6 Å². The largest absolute Gasteiger partial charge is 0.481 e. The van der Waals surface area contributed by atoms with Crippen molar-refractivity contribution in [3.05, 3.63) is 88.2 Å². The number of methoxy groups -OCH3 is 1. The molecule has 1 amide bonds. The van der Waals surface area contributed by atoms with E-state index < -0.39 is 11.7 Å². The molecule has 0 aliphatic heterocycles. The molecule has 0 bridgehead atoms. The van der Waals surface area contributed by atoms with Gasteiger partial charge in [0.1, 0.15) is 5.78 Å². The third kappa shape index (κ3) is 5.25. The van der Waals surface area contributed by atoms with Gasteiger partial charge in [0.25, 0.3) is 11.7 Å². The van der Waals surface area contributed by atoms with E-state index in [0.717, 1.165) is 16.6 Å². The Morgan fingerprint density at radius 2 is 1.74 bits per heavy atom. The fourth-order valence-electron chi connectivity index (χ4n) is 4.09. The van der Waals surface area contributed by atoms with Gasteiger partial charge in [-0.25, -0.2) is 4.98 Å². The lowest BCUT2D eigenvalue weighted by Gasteiger charge is -2.10. The van der Waals surface area contributed by atoms with E-state index in [1.165, 1.54) is 26.3 Å². The monoisotopic (exact) mass is 489 g/mol. The number of ether oxygens (including phenoxy) is 1. The Kier molecular flexibility index (Phi) is 6.98. The Morgan fingerprint density at radius 1 is 1.03 bits per heavy atom. The number of Topliss-reactive ketones (excluding diaryl/α,β-unsaturated/α-hetero) is 2. The van der Waals surface area contributed by atoms with Crippen molar-refractivity contribution in [2.75, 3.05) is 12.4 Å². The van der Waals surface area contributed by atoms with E-state index in [0.29, 0.717) is 39.8 Å². The number of anilines is 1. The Bertz CT molecular complexity index is 1440. The van der Waals surface area contributed by atoms with Gasteiger partial charge in [-0.15, -0.1) is 0 Å². The van der Waals surface area contributed by atoms with Gasteiger partial charge in [0.15, 0.2) is 0 Å². The van der Waals surface area contributed by atoms with Gasteiger partial charge in [0.05, 0.1) is 12.7 Å². The average molecular weight is 490 g/mol. The molecule has 0 radical (unpaired) electrons. The number of benzene rings is 2. The number of rotatable bonds is 8. The molecule has 0 aliphatic rings. The van der Waals surface area contributed by atoms with Gasteiger partial charge < -0.3 is 14.6 Å². The first kappa shape index (κ1) is 24.2. The first-order valence-electron chi connectivity index (χ1n) is 11.0. The first-order chi connectivity index (χ1) is 16.8. The van der Waals surface area contributed by atoms with E-state index in [-0.39, 0.29) is 12.2 Å². The van der Waals surface area contributed by atoms with Crippen LogP contribution in [0.2, 0.25) is 5.02 Å². The van der Waals surface area contributed by atoms with Crippen LogP contribution in [0.25, 0.3) is 10.9 Å². The highest BCUT2D eigenvalue weighted by molar-refractivity contribution is 6.48. The molecular formula is C27H24ClN3O4. The van der Waals surface area contributed by atoms with Crippen molar-refractivity contribution in [2.45, 2.75) is 26.8 Å². The molecule has 0 saturated heterocycles. The summed E-state index contributed by atoms with van der Waals surface area (Å²) in [6, 6.07) is 16.2. The molecular weight excluding hydrogens is 466 g/mol. The van der Waals surface area contributed by atoms with Crippen LogP contribution in [0.3, 0.4) is 0 Å². The van der Waals surface area contributed by atoms with Crippen molar-refractivity contribution >= 4 is 45.7 Å². The summed E-state index contributed by atoms with van der Waals surface area (Å²) in [6.45, 7) is 3.82. The molecule has 0 unspecified atom stereocenters. The van der Waals surface area contributed by atoms with E-state index >= 15 is 0 Å². The number of nitrogens with zero attached hydrogens (tertiary/aromatic N) is 2. The maximum Gasteiger partial charge on any atom is 0.296 e.